The number of rotatable bonds is 4. The van der Waals surface area contributed by atoms with E-state index >= 15 is 0 Å². The molecule has 1 aliphatic rings. The van der Waals surface area contributed by atoms with Crippen molar-refractivity contribution in [2.24, 2.45) is 0 Å². The highest BCUT2D eigenvalue weighted by atomic mass is 16.7. The molecule has 1 fully saturated rings. The molecule has 1 unspecified atom stereocenters. The van der Waals surface area contributed by atoms with Gasteiger partial charge in [-0.25, -0.2) is 4.79 Å². The average Bonchev–Trinajstić information content (AvgIpc) is 3.06. The standard InChI is InChI=1S/C19H20N2O3/c1-14-5-2-7-16(20-14)11-10-15-6-3-8-17(13-15)21-19(22)24-18-9-4-12-23-18/h2-3,5-8,10-11,13,18H,4,9,12H2,1H3,(H,21,22). The highest BCUT2D eigenvalue weighted by Gasteiger charge is 2.19. The number of benzene rings is 1. The maximum Gasteiger partial charge on any atom is 0.413 e. The van der Waals surface area contributed by atoms with E-state index in [0.29, 0.717) is 12.3 Å². The van der Waals surface area contributed by atoms with Crippen LogP contribution in [0.5, 0.6) is 0 Å². The second-order valence-corrected chi connectivity index (χ2v) is 5.64. The lowest BCUT2D eigenvalue weighted by molar-refractivity contribution is -0.0633. The highest BCUT2D eigenvalue weighted by molar-refractivity contribution is 5.85. The van der Waals surface area contributed by atoms with Gasteiger partial charge in [-0.1, -0.05) is 24.3 Å². The van der Waals surface area contributed by atoms with Crippen molar-refractivity contribution in [1.29, 1.82) is 0 Å². The summed E-state index contributed by atoms with van der Waals surface area (Å²) in [6, 6.07) is 13.4. The minimum absolute atomic E-state index is 0.430. The van der Waals surface area contributed by atoms with Crippen LogP contribution in [0.15, 0.2) is 42.5 Å². The quantitative estimate of drug-likeness (QED) is 0.913. The smallest absolute Gasteiger partial charge is 0.413 e. The lowest BCUT2D eigenvalue weighted by Gasteiger charge is -2.12. The number of anilines is 1. The molecule has 2 heterocycles. The number of amides is 1. The number of nitrogens with one attached hydrogen (secondary N) is 1. The molecule has 5 heteroatoms. The highest BCUT2D eigenvalue weighted by Crippen LogP contribution is 2.16. The predicted octanol–water partition coefficient (Wildman–Crippen LogP) is 4.25. The van der Waals surface area contributed by atoms with Crippen molar-refractivity contribution < 1.29 is 14.3 Å². The van der Waals surface area contributed by atoms with Gasteiger partial charge in [-0.05, 0) is 49.2 Å². The number of hydrogen-bond acceptors (Lipinski definition) is 4. The Bertz CT molecular complexity index is 737. The Morgan fingerprint density at radius 3 is 2.96 bits per heavy atom. The Kier molecular flexibility index (Phi) is 5.23. The summed E-state index contributed by atoms with van der Waals surface area (Å²) in [7, 11) is 0. The Morgan fingerprint density at radius 1 is 1.29 bits per heavy atom. The zero-order chi connectivity index (χ0) is 16.8. The third kappa shape index (κ3) is 4.67. The van der Waals surface area contributed by atoms with Crippen molar-refractivity contribution in [3.05, 3.63) is 59.4 Å². The lowest BCUT2D eigenvalue weighted by Crippen LogP contribution is -2.21. The molecule has 1 aliphatic heterocycles. The first-order valence-corrected chi connectivity index (χ1v) is 8.00. The van der Waals surface area contributed by atoms with Gasteiger partial charge in [0, 0.05) is 17.8 Å². The SMILES string of the molecule is Cc1cccc(C=Cc2cccc(NC(=O)OC3CCCO3)c2)n1. The molecule has 0 aliphatic carbocycles. The van der Waals surface area contributed by atoms with E-state index in [1.807, 2.05) is 61.5 Å². The molecule has 1 aromatic heterocycles. The predicted molar refractivity (Wildman–Crippen MR) is 93.4 cm³/mol. The third-order valence-electron chi connectivity index (χ3n) is 3.62. The molecule has 124 valence electrons. The van der Waals surface area contributed by atoms with Gasteiger partial charge in [-0.3, -0.25) is 10.3 Å². The summed E-state index contributed by atoms with van der Waals surface area (Å²) in [6.45, 7) is 2.60. The minimum atomic E-state index is -0.497. The van der Waals surface area contributed by atoms with E-state index in [2.05, 4.69) is 10.3 Å². The van der Waals surface area contributed by atoms with Crippen molar-refractivity contribution in [3.8, 4) is 0 Å². The van der Waals surface area contributed by atoms with Crippen LogP contribution in [0.25, 0.3) is 12.2 Å². The van der Waals surface area contributed by atoms with Gasteiger partial charge in [0.15, 0.2) is 0 Å². The Balaban J connectivity index is 1.62. The zero-order valence-electron chi connectivity index (χ0n) is 13.6. The van der Waals surface area contributed by atoms with Gasteiger partial charge in [0.05, 0.1) is 12.3 Å². The molecule has 5 nitrogen and oxygen atoms in total. The maximum atomic E-state index is 11.9. The summed E-state index contributed by atoms with van der Waals surface area (Å²) in [4.78, 5) is 16.3. The molecule has 1 amide bonds. The number of nitrogens with zero attached hydrogens (tertiary/aromatic N) is 1. The molecular weight excluding hydrogens is 304 g/mol. The van der Waals surface area contributed by atoms with E-state index < -0.39 is 12.4 Å². The van der Waals surface area contributed by atoms with E-state index in [0.717, 1.165) is 29.8 Å². The Labute approximate surface area is 141 Å². The van der Waals surface area contributed by atoms with Crippen LogP contribution in [-0.2, 0) is 9.47 Å². The molecule has 3 rings (SSSR count). The van der Waals surface area contributed by atoms with E-state index in [1.54, 1.807) is 0 Å². The topological polar surface area (TPSA) is 60.5 Å². The first kappa shape index (κ1) is 16.2. The summed E-state index contributed by atoms with van der Waals surface area (Å²) in [5.41, 5.74) is 3.51. The molecule has 1 saturated heterocycles. The van der Waals surface area contributed by atoms with Crippen molar-refractivity contribution in [2.45, 2.75) is 26.1 Å². The number of hydrogen-bond donors (Lipinski definition) is 1. The van der Waals surface area contributed by atoms with Crippen LogP contribution in [0.1, 0.15) is 29.8 Å². The summed E-state index contributed by atoms with van der Waals surface area (Å²) in [5, 5.41) is 2.73. The zero-order valence-corrected chi connectivity index (χ0v) is 13.6. The normalized spacial score (nSPS) is 17.1. The van der Waals surface area contributed by atoms with Crippen LogP contribution in [0, 0.1) is 6.92 Å². The second kappa shape index (κ2) is 7.75. The Morgan fingerprint density at radius 2 is 2.17 bits per heavy atom. The van der Waals surface area contributed by atoms with Crippen LogP contribution in [-0.4, -0.2) is 24.0 Å². The van der Waals surface area contributed by atoms with Gasteiger partial charge in [-0.15, -0.1) is 0 Å². The molecule has 0 spiro atoms. The second-order valence-electron chi connectivity index (χ2n) is 5.64. The number of carbonyl (C=O) groups excluding carboxylic acids is 1. The molecule has 1 atom stereocenters. The van der Waals surface area contributed by atoms with E-state index in [1.165, 1.54) is 0 Å². The van der Waals surface area contributed by atoms with Gasteiger partial charge >= 0.3 is 6.09 Å². The molecule has 0 radical (unpaired) electrons. The van der Waals surface area contributed by atoms with E-state index in [4.69, 9.17) is 9.47 Å². The first-order valence-electron chi connectivity index (χ1n) is 8.00. The molecule has 24 heavy (non-hydrogen) atoms. The average molecular weight is 324 g/mol. The first-order chi connectivity index (χ1) is 11.7. The summed E-state index contributed by atoms with van der Waals surface area (Å²) in [6.07, 6.45) is 4.64. The molecule has 2 aromatic rings. The monoisotopic (exact) mass is 324 g/mol. The molecular formula is C19H20N2O3. The lowest BCUT2D eigenvalue weighted by atomic mass is 10.1. The third-order valence-corrected chi connectivity index (χ3v) is 3.62. The van der Waals surface area contributed by atoms with Crippen LogP contribution >= 0.6 is 0 Å². The molecule has 1 aromatic carbocycles. The van der Waals surface area contributed by atoms with Crippen molar-refractivity contribution in [3.63, 3.8) is 0 Å². The van der Waals surface area contributed by atoms with Crippen LogP contribution in [0.4, 0.5) is 10.5 Å². The van der Waals surface area contributed by atoms with E-state index in [-0.39, 0.29) is 0 Å². The summed E-state index contributed by atoms with van der Waals surface area (Å²) < 4.78 is 10.5. The fourth-order valence-corrected chi connectivity index (χ4v) is 2.47. The van der Waals surface area contributed by atoms with Crippen LogP contribution < -0.4 is 5.32 Å². The number of aromatic nitrogens is 1. The van der Waals surface area contributed by atoms with Gasteiger partial charge in [0.2, 0.25) is 6.29 Å². The number of ether oxygens (including phenoxy) is 2. The Hall–Kier alpha value is -2.66. The number of aryl methyl sites for hydroxylation is 1. The van der Waals surface area contributed by atoms with Gasteiger partial charge in [0.1, 0.15) is 0 Å². The van der Waals surface area contributed by atoms with Crippen molar-refractivity contribution in [2.75, 3.05) is 11.9 Å². The van der Waals surface area contributed by atoms with Gasteiger partial charge in [-0.2, -0.15) is 0 Å². The van der Waals surface area contributed by atoms with E-state index in [9.17, 15) is 4.79 Å². The van der Waals surface area contributed by atoms with Gasteiger partial charge in [0.25, 0.3) is 0 Å². The van der Waals surface area contributed by atoms with Crippen molar-refractivity contribution in [1.82, 2.24) is 4.98 Å². The van der Waals surface area contributed by atoms with Crippen LogP contribution in [0.2, 0.25) is 0 Å². The van der Waals surface area contributed by atoms with Gasteiger partial charge < -0.3 is 9.47 Å². The van der Waals surface area contributed by atoms with Crippen LogP contribution in [0.3, 0.4) is 0 Å². The molecule has 0 saturated carbocycles. The fourth-order valence-electron chi connectivity index (χ4n) is 2.47. The number of pyridine rings is 1. The number of carbonyl (C=O) groups is 1. The largest absolute Gasteiger partial charge is 0.419 e. The minimum Gasteiger partial charge on any atom is -0.419 e. The molecule has 1 N–H and O–H groups in total. The summed E-state index contributed by atoms with van der Waals surface area (Å²) >= 11 is 0. The summed E-state index contributed by atoms with van der Waals surface area (Å²) in [5.74, 6) is 0. The molecule has 0 bridgehead atoms. The maximum absolute atomic E-state index is 11.9. The van der Waals surface area contributed by atoms with Crippen molar-refractivity contribution >= 4 is 23.9 Å². The fraction of sp³-hybridized carbons (Fsp3) is 0.263.